The Morgan fingerprint density at radius 3 is 2.54 bits per heavy atom. The monoisotopic (exact) mass is 498 g/mol. The maximum absolute atomic E-state index is 12.7. The Balaban J connectivity index is 1.39. The van der Waals surface area contributed by atoms with Crippen LogP contribution in [0.3, 0.4) is 0 Å². The summed E-state index contributed by atoms with van der Waals surface area (Å²) in [7, 11) is 0. The third-order valence-electron chi connectivity index (χ3n) is 5.57. The highest BCUT2D eigenvalue weighted by molar-refractivity contribution is 8.18. The minimum atomic E-state index is -0.523. The number of hydrogen-bond donors (Lipinski definition) is 0. The first kappa shape index (κ1) is 24.7. The van der Waals surface area contributed by atoms with Crippen molar-refractivity contribution in [2.45, 2.75) is 19.8 Å². The van der Waals surface area contributed by atoms with Crippen molar-refractivity contribution >= 4 is 40.9 Å². The lowest BCUT2D eigenvalue weighted by molar-refractivity contribution is -0.139. The molecule has 0 aliphatic carbocycles. The summed E-state index contributed by atoms with van der Waals surface area (Å²) in [6.07, 6.45) is 3.27. The van der Waals surface area contributed by atoms with Gasteiger partial charge >= 0.3 is 5.97 Å². The van der Waals surface area contributed by atoms with Crippen LogP contribution in [-0.4, -0.2) is 72.3 Å². The number of thioether (sulfide) groups is 1. The van der Waals surface area contributed by atoms with Gasteiger partial charge in [0.05, 0.1) is 30.3 Å². The smallest absolute Gasteiger partial charge is 0.338 e. The second-order valence-corrected chi connectivity index (χ2v) is 9.02. The van der Waals surface area contributed by atoms with E-state index >= 15 is 0 Å². The summed E-state index contributed by atoms with van der Waals surface area (Å²) in [6.45, 7) is 3.91. The minimum absolute atomic E-state index is 0.191. The SMILES string of the molecule is CCCCOC(=O)c1ccc(-c2ccc(/C=C3/SC(=O)N(CC(=O)N4CCOCC4)C3=O)o2)cc1. The van der Waals surface area contributed by atoms with Gasteiger partial charge in [-0.1, -0.05) is 25.5 Å². The van der Waals surface area contributed by atoms with Crippen LogP contribution >= 0.6 is 11.8 Å². The third kappa shape index (κ3) is 6.01. The summed E-state index contributed by atoms with van der Waals surface area (Å²) < 4.78 is 16.3. The van der Waals surface area contributed by atoms with Gasteiger partial charge in [-0.05, 0) is 42.4 Å². The van der Waals surface area contributed by atoms with Gasteiger partial charge in [0.25, 0.3) is 11.1 Å². The highest BCUT2D eigenvalue weighted by Crippen LogP contribution is 2.33. The van der Waals surface area contributed by atoms with E-state index in [-0.39, 0.29) is 23.3 Å². The molecule has 2 fully saturated rings. The zero-order valence-corrected chi connectivity index (χ0v) is 20.2. The number of amides is 3. The van der Waals surface area contributed by atoms with E-state index in [1.807, 2.05) is 6.92 Å². The van der Waals surface area contributed by atoms with Gasteiger partial charge in [0.1, 0.15) is 18.1 Å². The summed E-state index contributed by atoms with van der Waals surface area (Å²) >= 11 is 0.775. The lowest BCUT2D eigenvalue weighted by Gasteiger charge is -2.27. The van der Waals surface area contributed by atoms with E-state index < -0.39 is 11.1 Å². The van der Waals surface area contributed by atoms with Crippen LogP contribution in [0.25, 0.3) is 17.4 Å². The number of rotatable bonds is 8. The average molecular weight is 499 g/mol. The highest BCUT2D eigenvalue weighted by Gasteiger charge is 2.37. The van der Waals surface area contributed by atoms with Crippen LogP contribution in [-0.2, 0) is 19.1 Å². The summed E-state index contributed by atoms with van der Waals surface area (Å²) in [4.78, 5) is 52.4. The summed E-state index contributed by atoms with van der Waals surface area (Å²) in [5.41, 5.74) is 1.20. The number of hydrogen-bond acceptors (Lipinski definition) is 8. The van der Waals surface area contributed by atoms with Crippen LogP contribution in [0, 0.1) is 0 Å². The van der Waals surface area contributed by atoms with Crippen molar-refractivity contribution in [1.29, 1.82) is 0 Å². The number of esters is 1. The van der Waals surface area contributed by atoms with E-state index in [1.54, 1.807) is 41.3 Å². The highest BCUT2D eigenvalue weighted by atomic mass is 32.2. The Kier molecular flexibility index (Phi) is 8.04. The molecule has 2 aliphatic rings. The summed E-state index contributed by atoms with van der Waals surface area (Å²) in [6, 6.07) is 10.3. The molecule has 4 rings (SSSR count). The topological polar surface area (TPSA) is 106 Å². The number of benzene rings is 1. The fourth-order valence-electron chi connectivity index (χ4n) is 3.56. The Labute approximate surface area is 207 Å². The van der Waals surface area contributed by atoms with Crippen LogP contribution in [0.1, 0.15) is 35.9 Å². The fourth-order valence-corrected chi connectivity index (χ4v) is 4.38. The molecular weight excluding hydrogens is 472 g/mol. The van der Waals surface area contributed by atoms with Crippen molar-refractivity contribution in [2.75, 3.05) is 39.5 Å². The molecular formula is C25H26N2O7S. The molecule has 2 aliphatic heterocycles. The van der Waals surface area contributed by atoms with E-state index in [9.17, 15) is 19.2 Å². The van der Waals surface area contributed by atoms with E-state index in [2.05, 4.69) is 0 Å². The number of imide groups is 1. The van der Waals surface area contributed by atoms with Gasteiger partial charge < -0.3 is 18.8 Å². The number of ether oxygens (including phenoxy) is 2. The molecule has 10 heteroatoms. The largest absolute Gasteiger partial charge is 0.462 e. The fraction of sp³-hybridized carbons (Fsp3) is 0.360. The van der Waals surface area contributed by atoms with Crippen molar-refractivity contribution < 1.29 is 33.1 Å². The van der Waals surface area contributed by atoms with E-state index in [0.717, 1.165) is 35.1 Å². The van der Waals surface area contributed by atoms with Crippen LogP contribution in [0.15, 0.2) is 45.7 Å². The molecule has 0 spiro atoms. The standard InChI is InChI=1S/C25H26N2O7S/c1-2-3-12-33-24(30)18-6-4-17(5-7-18)20-9-8-19(34-20)15-21-23(29)27(25(31)35-21)16-22(28)26-10-13-32-14-11-26/h4-9,15H,2-3,10-14,16H2,1H3/b21-15+. The molecule has 184 valence electrons. The quantitative estimate of drug-likeness (QED) is 0.307. The normalized spacial score (nSPS) is 17.3. The zero-order chi connectivity index (χ0) is 24.8. The summed E-state index contributed by atoms with van der Waals surface area (Å²) in [5, 5.41) is -0.490. The molecule has 9 nitrogen and oxygen atoms in total. The molecule has 0 radical (unpaired) electrons. The molecule has 0 saturated carbocycles. The van der Waals surface area contributed by atoms with Gasteiger partial charge in [0.2, 0.25) is 5.91 Å². The van der Waals surface area contributed by atoms with Crippen LogP contribution in [0.2, 0.25) is 0 Å². The number of unbranched alkanes of at least 4 members (excludes halogenated alkanes) is 1. The summed E-state index contributed by atoms with van der Waals surface area (Å²) in [5.74, 6) is -0.231. The van der Waals surface area contributed by atoms with Gasteiger partial charge in [0, 0.05) is 24.7 Å². The van der Waals surface area contributed by atoms with Crippen molar-refractivity contribution in [2.24, 2.45) is 0 Å². The maximum Gasteiger partial charge on any atom is 0.338 e. The molecule has 0 bridgehead atoms. The van der Waals surface area contributed by atoms with Crippen molar-refractivity contribution in [3.63, 3.8) is 0 Å². The maximum atomic E-state index is 12.7. The predicted octanol–water partition coefficient (Wildman–Crippen LogP) is 3.80. The van der Waals surface area contributed by atoms with Gasteiger partial charge in [-0.3, -0.25) is 19.3 Å². The minimum Gasteiger partial charge on any atom is -0.462 e. The van der Waals surface area contributed by atoms with Gasteiger partial charge in [-0.15, -0.1) is 0 Å². The van der Waals surface area contributed by atoms with Crippen LogP contribution < -0.4 is 0 Å². The second kappa shape index (κ2) is 11.4. The van der Waals surface area contributed by atoms with Crippen molar-refractivity contribution in [3.8, 4) is 11.3 Å². The molecule has 3 amide bonds. The molecule has 0 unspecified atom stereocenters. The number of carbonyl (C=O) groups excluding carboxylic acids is 4. The molecule has 2 aromatic rings. The Hall–Kier alpha value is -3.37. The van der Waals surface area contributed by atoms with Crippen molar-refractivity contribution in [3.05, 3.63) is 52.6 Å². The first-order chi connectivity index (χ1) is 17.0. The molecule has 1 aromatic carbocycles. The second-order valence-electron chi connectivity index (χ2n) is 8.03. The van der Waals surface area contributed by atoms with Gasteiger partial charge in [-0.25, -0.2) is 4.79 Å². The Bertz CT molecular complexity index is 1130. The van der Waals surface area contributed by atoms with Crippen molar-refractivity contribution in [1.82, 2.24) is 9.80 Å². The molecule has 3 heterocycles. The Morgan fingerprint density at radius 1 is 1.09 bits per heavy atom. The lowest BCUT2D eigenvalue weighted by atomic mass is 10.1. The predicted molar refractivity (Wildman–Crippen MR) is 129 cm³/mol. The molecule has 2 saturated heterocycles. The Morgan fingerprint density at radius 2 is 1.83 bits per heavy atom. The van der Waals surface area contributed by atoms with Gasteiger partial charge in [0.15, 0.2) is 0 Å². The number of morpholine rings is 1. The average Bonchev–Trinajstić information content (AvgIpc) is 3.45. The first-order valence-corrected chi connectivity index (χ1v) is 12.3. The van der Waals surface area contributed by atoms with Gasteiger partial charge in [-0.2, -0.15) is 0 Å². The van der Waals surface area contributed by atoms with E-state index in [4.69, 9.17) is 13.9 Å². The third-order valence-corrected chi connectivity index (χ3v) is 6.47. The molecule has 1 aromatic heterocycles. The number of nitrogens with zero attached hydrogens (tertiary/aromatic N) is 2. The zero-order valence-electron chi connectivity index (χ0n) is 19.4. The number of carbonyl (C=O) groups is 4. The lowest BCUT2D eigenvalue weighted by Crippen LogP contribution is -2.46. The number of furan rings is 1. The van der Waals surface area contributed by atoms with E-state index in [0.29, 0.717) is 50.0 Å². The molecule has 0 N–H and O–H groups in total. The van der Waals surface area contributed by atoms with Crippen LogP contribution in [0.5, 0.6) is 0 Å². The molecule has 35 heavy (non-hydrogen) atoms. The van der Waals surface area contributed by atoms with E-state index in [1.165, 1.54) is 6.08 Å². The van der Waals surface area contributed by atoms with Crippen LogP contribution in [0.4, 0.5) is 4.79 Å². The first-order valence-electron chi connectivity index (χ1n) is 11.4. The molecule has 0 atom stereocenters.